The summed E-state index contributed by atoms with van der Waals surface area (Å²) in [5.41, 5.74) is 3.49. The lowest BCUT2D eigenvalue weighted by atomic mass is 10.1. The van der Waals surface area contributed by atoms with Gasteiger partial charge in [0.05, 0.1) is 5.52 Å². The molecule has 1 heterocycles. The molecule has 2 heteroatoms. The van der Waals surface area contributed by atoms with Crippen LogP contribution in [0.3, 0.4) is 0 Å². The molecule has 2 rings (SSSR count). The monoisotopic (exact) mass is 146 g/mol. The first-order valence-corrected chi connectivity index (χ1v) is 3.69. The number of aromatic nitrogens is 2. The smallest absolute Gasteiger partial charge is 0.0926 e. The molecule has 0 atom stereocenters. The number of aromatic amines is 1. The fraction of sp³-hybridized carbons (Fsp3) is 0.222. The Hall–Kier alpha value is -1.31. The van der Waals surface area contributed by atoms with Crippen LogP contribution in [0.1, 0.15) is 11.3 Å². The molecule has 2 nitrogen and oxygen atoms in total. The van der Waals surface area contributed by atoms with Crippen LogP contribution in [0.5, 0.6) is 0 Å². The van der Waals surface area contributed by atoms with Crippen molar-refractivity contribution < 1.29 is 0 Å². The number of hydrogen-bond donors (Lipinski definition) is 1. The summed E-state index contributed by atoms with van der Waals surface area (Å²) in [6.45, 7) is 4.15. The molecule has 2 aromatic rings. The normalized spacial score (nSPS) is 10.7. The molecule has 0 aliphatic heterocycles. The van der Waals surface area contributed by atoms with Gasteiger partial charge in [-0.3, -0.25) is 5.10 Å². The van der Waals surface area contributed by atoms with Crippen molar-refractivity contribution >= 4 is 10.9 Å². The number of rotatable bonds is 0. The lowest BCUT2D eigenvalue weighted by Crippen LogP contribution is -1.75. The second-order valence-electron chi connectivity index (χ2n) is 2.82. The number of aryl methyl sites for hydroxylation is 2. The van der Waals surface area contributed by atoms with Gasteiger partial charge in [0.1, 0.15) is 0 Å². The van der Waals surface area contributed by atoms with Crippen LogP contribution in [0.4, 0.5) is 0 Å². The molecule has 0 aliphatic carbocycles. The number of nitrogens with zero attached hydrogens (tertiary/aromatic N) is 1. The summed E-state index contributed by atoms with van der Waals surface area (Å²) in [5, 5.41) is 8.38. The summed E-state index contributed by atoms with van der Waals surface area (Å²) in [6.07, 6.45) is 0. The van der Waals surface area contributed by atoms with Gasteiger partial charge in [-0.25, -0.2) is 0 Å². The molecule has 0 amide bonds. The Morgan fingerprint density at radius 2 is 2.09 bits per heavy atom. The number of H-pyrrole nitrogens is 1. The number of benzene rings is 1. The molecule has 0 aliphatic rings. The van der Waals surface area contributed by atoms with Gasteiger partial charge in [0.15, 0.2) is 0 Å². The van der Waals surface area contributed by atoms with Gasteiger partial charge in [0, 0.05) is 11.1 Å². The van der Waals surface area contributed by atoms with Crippen molar-refractivity contribution in [1.82, 2.24) is 10.2 Å². The van der Waals surface area contributed by atoms with Gasteiger partial charge in [-0.1, -0.05) is 12.1 Å². The Morgan fingerprint density at radius 3 is 2.82 bits per heavy atom. The maximum atomic E-state index is 4.15. The Bertz CT molecular complexity index is 387. The molecular formula is C9H10N2. The van der Waals surface area contributed by atoms with Crippen LogP contribution in [-0.2, 0) is 0 Å². The van der Waals surface area contributed by atoms with Crippen molar-refractivity contribution in [2.24, 2.45) is 0 Å². The highest BCUT2D eigenvalue weighted by atomic mass is 15.1. The van der Waals surface area contributed by atoms with E-state index in [0.717, 1.165) is 11.2 Å². The molecule has 0 saturated heterocycles. The average Bonchev–Trinajstić information content (AvgIpc) is 2.34. The minimum Gasteiger partial charge on any atom is -0.282 e. The highest BCUT2D eigenvalue weighted by molar-refractivity contribution is 5.84. The van der Waals surface area contributed by atoms with E-state index in [1.807, 2.05) is 19.1 Å². The third-order valence-electron chi connectivity index (χ3n) is 1.97. The lowest BCUT2D eigenvalue weighted by Gasteiger charge is -1.93. The fourth-order valence-corrected chi connectivity index (χ4v) is 1.43. The van der Waals surface area contributed by atoms with E-state index < -0.39 is 0 Å². The molecule has 0 fully saturated rings. The first-order chi connectivity index (χ1) is 5.29. The maximum absolute atomic E-state index is 4.15. The summed E-state index contributed by atoms with van der Waals surface area (Å²) >= 11 is 0. The highest BCUT2D eigenvalue weighted by Crippen LogP contribution is 2.18. The molecule has 0 saturated carbocycles. The van der Waals surface area contributed by atoms with Gasteiger partial charge >= 0.3 is 0 Å². The zero-order chi connectivity index (χ0) is 7.84. The van der Waals surface area contributed by atoms with Gasteiger partial charge in [-0.15, -0.1) is 0 Å². The van der Waals surface area contributed by atoms with E-state index in [0.29, 0.717) is 0 Å². The Kier molecular flexibility index (Phi) is 1.22. The summed E-state index contributed by atoms with van der Waals surface area (Å²) in [6, 6.07) is 6.15. The van der Waals surface area contributed by atoms with E-state index in [1.165, 1.54) is 10.9 Å². The summed E-state index contributed by atoms with van der Waals surface area (Å²) in [7, 11) is 0. The molecule has 0 bridgehead atoms. The first kappa shape index (κ1) is 6.40. The Labute approximate surface area is 65.2 Å². The van der Waals surface area contributed by atoms with Crippen LogP contribution < -0.4 is 0 Å². The lowest BCUT2D eigenvalue weighted by molar-refractivity contribution is 1.07. The second-order valence-corrected chi connectivity index (χ2v) is 2.82. The van der Waals surface area contributed by atoms with Gasteiger partial charge in [0.2, 0.25) is 0 Å². The van der Waals surface area contributed by atoms with Crippen LogP contribution in [0.2, 0.25) is 0 Å². The standard InChI is InChI=1S/C9H10N2/c1-6-4-3-5-8-9(6)7(2)10-11-8/h3-5H,1-2H3,(H,10,11). The predicted octanol–water partition coefficient (Wildman–Crippen LogP) is 2.18. The molecule has 1 aromatic heterocycles. The van der Waals surface area contributed by atoms with Crippen molar-refractivity contribution in [1.29, 1.82) is 0 Å². The van der Waals surface area contributed by atoms with Gasteiger partial charge < -0.3 is 0 Å². The maximum Gasteiger partial charge on any atom is 0.0926 e. The largest absolute Gasteiger partial charge is 0.282 e. The minimum absolute atomic E-state index is 1.06. The second kappa shape index (κ2) is 2.09. The van der Waals surface area contributed by atoms with E-state index in [-0.39, 0.29) is 0 Å². The number of hydrogen-bond acceptors (Lipinski definition) is 1. The molecular weight excluding hydrogens is 136 g/mol. The van der Waals surface area contributed by atoms with Gasteiger partial charge in [-0.2, -0.15) is 5.10 Å². The van der Waals surface area contributed by atoms with Crippen molar-refractivity contribution in [2.45, 2.75) is 13.8 Å². The molecule has 1 aromatic carbocycles. The highest BCUT2D eigenvalue weighted by Gasteiger charge is 2.01. The van der Waals surface area contributed by atoms with Crippen LogP contribution in [-0.4, -0.2) is 10.2 Å². The van der Waals surface area contributed by atoms with Crippen molar-refractivity contribution in [3.05, 3.63) is 29.5 Å². The predicted molar refractivity (Wildman–Crippen MR) is 45.6 cm³/mol. The zero-order valence-electron chi connectivity index (χ0n) is 6.68. The van der Waals surface area contributed by atoms with E-state index in [4.69, 9.17) is 0 Å². The third kappa shape index (κ3) is 0.827. The van der Waals surface area contributed by atoms with E-state index in [1.54, 1.807) is 0 Å². The molecule has 56 valence electrons. The summed E-state index contributed by atoms with van der Waals surface area (Å²) in [4.78, 5) is 0. The van der Waals surface area contributed by atoms with E-state index in [2.05, 4.69) is 23.2 Å². The van der Waals surface area contributed by atoms with Crippen molar-refractivity contribution in [3.63, 3.8) is 0 Å². The number of fused-ring (bicyclic) bond motifs is 1. The molecule has 1 N–H and O–H groups in total. The van der Waals surface area contributed by atoms with Crippen molar-refractivity contribution in [2.75, 3.05) is 0 Å². The summed E-state index contributed by atoms with van der Waals surface area (Å²) < 4.78 is 0. The third-order valence-corrected chi connectivity index (χ3v) is 1.97. The van der Waals surface area contributed by atoms with Gasteiger partial charge in [-0.05, 0) is 25.5 Å². The average molecular weight is 146 g/mol. The first-order valence-electron chi connectivity index (χ1n) is 3.69. The Morgan fingerprint density at radius 1 is 1.27 bits per heavy atom. The quantitative estimate of drug-likeness (QED) is 0.606. The van der Waals surface area contributed by atoms with E-state index in [9.17, 15) is 0 Å². The number of nitrogens with one attached hydrogen (secondary N) is 1. The van der Waals surface area contributed by atoms with Gasteiger partial charge in [0.25, 0.3) is 0 Å². The minimum atomic E-state index is 1.06. The molecule has 0 spiro atoms. The molecule has 11 heavy (non-hydrogen) atoms. The van der Waals surface area contributed by atoms with Crippen LogP contribution >= 0.6 is 0 Å². The fourth-order valence-electron chi connectivity index (χ4n) is 1.43. The zero-order valence-corrected chi connectivity index (χ0v) is 6.68. The Balaban J connectivity index is 2.96. The molecule has 0 radical (unpaired) electrons. The SMILES string of the molecule is Cc1cccc2n[nH]c(C)c12. The topological polar surface area (TPSA) is 28.7 Å². The molecule has 0 unspecified atom stereocenters. The van der Waals surface area contributed by atoms with E-state index >= 15 is 0 Å². The van der Waals surface area contributed by atoms with Crippen LogP contribution in [0.15, 0.2) is 18.2 Å². The van der Waals surface area contributed by atoms with Crippen LogP contribution in [0, 0.1) is 13.8 Å². The van der Waals surface area contributed by atoms with Crippen LogP contribution in [0.25, 0.3) is 10.9 Å². The van der Waals surface area contributed by atoms with Crippen molar-refractivity contribution in [3.8, 4) is 0 Å². The summed E-state index contributed by atoms with van der Waals surface area (Å²) in [5.74, 6) is 0.